The third kappa shape index (κ3) is 7.42. The lowest BCUT2D eigenvalue weighted by molar-refractivity contribution is -0.145. The number of ether oxygens (including phenoxy) is 2. The molecule has 0 fully saturated rings. The Bertz CT molecular complexity index is 528. The lowest BCUT2D eigenvalue weighted by atomic mass is 10.2. The highest BCUT2D eigenvalue weighted by molar-refractivity contribution is 6.02. The molecular formula is C16H22N2O5. The van der Waals surface area contributed by atoms with E-state index in [4.69, 9.17) is 9.47 Å². The molecule has 0 saturated heterocycles. The number of hydrogen-bond acceptors (Lipinski definition) is 5. The molecule has 0 spiro atoms. The van der Waals surface area contributed by atoms with E-state index in [1.54, 1.807) is 38.3 Å². The van der Waals surface area contributed by atoms with E-state index >= 15 is 0 Å². The number of rotatable bonds is 9. The summed E-state index contributed by atoms with van der Waals surface area (Å²) in [4.78, 5) is 34.7. The van der Waals surface area contributed by atoms with Crippen LogP contribution in [0.5, 0.6) is 0 Å². The van der Waals surface area contributed by atoms with E-state index in [1.807, 2.05) is 0 Å². The number of benzene rings is 1. The van der Waals surface area contributed by atoms with E-state index in [1.165, 1.54) is 0 Å². The van der Waals surface area contributed by atoms with Crippen LogP contribution in [-0.4, -0.2) is 44.7 Å². The smallest absolute Gasteiger partial charge is 0.315 e. The van der Waals surface area contributed by atoms with Gasteiger partial charge in [-0.15, -0.1) is 0 Å². The lowest BCUT2D eigenvalue weighted by Crippen LogP contribution is -2.25. The first kappa shape index (κ1) is 18.6. The van der Waals surface area contributed by atoms with Crippen LogP contribution in [0.2, 0.25) is 0 Å². The zero-order valence-corrected chi connectivity index (χ0v) is 13.4. The molecule has 0 bridgehead atoms. The summed E-state index contributed by atoms with van der Waals surface area (Å²) in [5.74, 6) is -1.22. The van der Waals surface area contributed by atoms with Crippen molar-refractivity contribution < 1.29 is 23.9 Å². The van der Waals surface area contributed by atoms with Crippen molar-refractivity contribution in [3.63, 3.8) is 0 Å². The Morgan fingerprint density at radius 2 is 1.83 bits per heavy atom. The van der Waals surface area contributed by atoms with Gasteiger partial charge in [0.1, 0.15) is 6.42 Å². The summed E-state index contributed by atoms with van der Waals surface area (Å²) in [6.45, 7) is 3.03. The third-order valence-electron chi connectivity index (χ3n) is 2.85. The van der Waals surface area contributed by atoms with Gasteiger partial charge < -0.3 is 20.1 Å². The molecule has 0 heterocycles. The van der Waals surface area contributed by atoms with Crippen LogP contribution >= 0.6 is 0 Å². The van der Waals surface area contributed by atoms with E-state index in [-0.39, 0.29) is 18.9 Å². The number of carbonyl (C=O) groups is 3. The summed E-state index contributed by atoms with van der Waals surface area (Å²) in [5, 5.41) is 5.34. The number of esters is 1. The van der Waals surface area contributed by atoms with Gasteiger partial charge in [0.05, 0.1) is 6.61 Å². The Balaban J connectivity index is 2.45. The summed E-state index contributed by atoms with van der Waals surface area (Å²) in [7, 11) is 1.61. The second-order valence-corrected chi connectivity index (χ2v) is 4.71. The Morgan fingerprint density at radius 3 is 2.43 bits per heavy atom. The molecule has 7 nitrogen and oxygen atoms in total. The SMILES string of the molecule is CCOC(=O)CC(=O)Nc1ccc(C(=O)NCCCOC)cc1. The molecule has 1 rings (SSSR count). The first-order valence-corrected chi connectivity index (χ1v) is 7.39. The van der Waals surface area contributed by atoms with Crippen LogP contribution in [0.25, 0.3) is 0 Å². The molecule has 0 aliphatic heterocycles. The molecule has 0 aliphatic carbocycles. The molecule has 1 aromatic rings. The van der Waals surface area contributed by atoms with Gasteiger partial charge in [-0.25, -0.2) is 0 Å². The van der Waals surface area contributed by atoms with Crippen LogP contribution in [0.15, 0.2) is 24.3 Å². The van der Waals surface area contributed by atoms with E-state index in [0.717, 1.165) is 6.42 Å². The predicted octanol–water partition coefficient (Wildman–Crippen LogP) is 1.34. The summed E-state index contributed by atoms with van der Waals surface area (Å²) in [6.07, 6.45) is 0.403. The van der Waals surface area contributed by atoms with Crippen molar-refractivity contribution in [3.05, 3.63) is 29.8 Å². The van der Waals surface area contributed by atoms with Crippen molar-refractivity contribution in [1.82, 2.24) is 5.32 Å². The lowest BCUT2D eigenvalue weighted by Gasteiger charge is -2.07. The number of carbonyl (C=O) groups excluding carboxylic acids is 3. The second kappa shape index (κ2) is 10.3. The van der Waals surface area contributed by atoms with Gasteiger partial charge in [0.25, 0.3) is 5.91 Å². The minimum atomic E-state index is -0.572. The highest BCUT2D eigenvalue weighted by Crippen LogP contribution is 2.10. The van der Waals surface area contributed by atoms with Crippen molar-refractivity contribution in [2.45, 2.75) is 19.8 Å². The van der Waals surface area contributed by atoms with E-state index in [0.29, 0.717) is 24.4 Å². The van der Waals surface area contributed by atoms with Crippen molar-refractivity contribution >= 4 is 23.5 Å². The maximum atomic E-state index is 11.9. The molecule has 23 heavy (non-hydrogen) atoms. The van der Waals surface area contributed by atoms with Gasteiger partial charge in [-0.2, -0.15) is 0 Å². The Morgan fingerprint density at radius 1 is 1.13 bits per heavy atom. The molecule has 0 radical (unpaired) electrons. The minimum Gasteiger partial charge on any atom is -0.466 e. The van der Waals surface area contributed by atoms with Gasteiger partial charge in [-0.1, -0.05) is 0 Å². The zero-order chi connectivity index (χ0) is 17.1. The van der Waals surface area contributed by atoms with Crippen molar-refractivity contribution in [2.75, 3.05) is 32.2 Å². The van der Waals surface area contributed by atoms with Crippen LogP contribution in [0.4, 0.5) is 5.69 Å². The number of nitrogens with one attached hydrogen (secondary N) is 2. The maximum absolute atomic E-state index is 11.9. The maximum Gasteiger partial charge on any atom is 0.315 e. The summed E-state index contributed by atoms with van der Waals surface area (Å²) >= 11 is 0. The molecule has 0 saturated carbocycles. The fraction of sp³-hybridized carbons (Fsp3) is 0.438. The number of amides is 2. The Kier molecular flexibility index (Phi) is 8.38. The highest BCUT2D eigenvalue weighted by atomic mass is 16.5. The average Bonchev–Trinajstić information content (AvgIpc) is 2.52. The van der Waals surface area contributed by atoms with E-state index in [9.17, 15) is 14.4 Å². The molecule has 0 aromatic heterocycles. The average molecular weight is 322 g/mol. The standard InChI is InChI=1S/C16H22N2O5/c1-3-23-15(20)11-14(19)18-13-7-5-12(6-8-13)16(21)17-9-4-10-22-2/h5-8H,3-4,9-11H2,1-2H3,(H,17,21)(H,18,19). The normalized spacial score (nSPS) is 10.0. The topological polar surface area (TPSA) is 93.7 Å². The number of hydrogen-bond donors (Lipinski definition) is 2. The molecule has 2 N–H and O–H groups in total. The Labute approximate surface area is 135 Å². The summed E-state index contributed by atoms with van der Waals surface area (Å²) in [6, 6.07) is 6.41. The van der Waals surface area contributed by atoms with Gasteiger partial charge in [0.15, 0.2) is 0 Å². The van der Waals surface area contributed by atoms with Crippen LogP contribution in [-0.2, 0) is 19.1 Å². The largest absolute Gasteiger partial charge is 0.466 e. The van der Waals surface area contributed by atoms with E-state index < -0.39 is 11.9 Å². The Hall–Kier alpha value is -2.41. The third-order valence-corrected chi connectivity index (χ3v) is 2.85. The fourth-order valence-corrected chi connectivity index (χ4v) is 1.77. The highest BCUT2D eigenvalue weighted by Gasteiger charge is 2.11. The summed E-state index contributed by atoms with van der Waals surface area (Å²) < 4.78 is 9.59. The van der Waals surface area contributed by atoms with E-state index in [2.05, 4.69) is 10.6 Å². The monoisotopic (exact) mass is 322 g/mol. The number of anilines is 1. The molecule has 1 aromatic carbocycles. The first-order chi connectivity index (χ1) is 11.1. The van der Waals surface area contributed by atoms with Crippen molar-refractivity contribution in [3.8, 4) is 0 Å². The quantitative estimate of drug-likeness (QED) is 0.406. The van der Waals surface area contributed by atoms with Crippen molar-refractivity contribution in [2.24, 2.45) is 0 Å². The molecule has 7 heteroatoms. The van der Waals surface area contributed by atoms with Crippen LogP contribution in [0.1, 0.15) is 30.1 Å². The minimum absolute atomic E-state index is 0.189. The van der Waals surface area contributed by atoms with Gasteiger partial charge in [0, 0.05) is 31.5 Å². The van der Waals surface area contributed by atoms with Crippen molar-refractivity contribution in [1.29, 1.82) is 0 Å². The van der Waals surface area contributed by atoms with Crippen LogP contribution in [0.3, 0.4) is 0 Å². The fourth-order valence-electron chi connectivity index (χ4n) is 1.77. The first-order valence-electron chi connectivity index (χ1n) is 7.39. The van der Waals surface area contributed by atoms with Gasteiger partial charge in [-0.3, -0.25) is 14.4 Å². The molecular weight excluding hydrogens is 300 g/mol. The molecule has 0 atom stereocenters. The molecule has 126 valence electrons. The van der Waals surface area contributed by atoms with Gasteiger partial charge in [0.2, 0.25) is 5.91 Å². The van der Waals surface area contributed by atoms with Gasteiger partial charge >= 0.3 is 5.97 Å². The second-order valence-electron chi connectivity index (χ2n) is 4.71. The summed E-state index contributed by atoms with van der Waals surface area (Å²) in [5.41, 5.74) is 1.00. The molecule has 0 aliphatic rings. The van der Waals surface area contributed by atoms with Crippen LogP contribution in [0, 0.1) is 0 Å². The number of methoxy groups -OCH3 is 1. The molecule has 0 unspecified atom stereocenters. The molecule has 2 amide bonds. The predicted molar refractivity (Wildman–Crippen MR) is 85.1 cm³/mol. The zero-order valence-electron chi connectivity index (χ0n) is 13.4. The van der Waals surface area contributed by atoms with Gasteiger partial charge in [-0.05, 0) is 37.6 Å². The van der Waals surface area contributed by atoms with Crippen LogP contribution < -0.4 is 10.6 Å².